The molecule has 0 fully saturated rings. The molecule has 1 N–H and O–H groups in total. The Kier molecular flexibility index (Phi) is 4.59. The lowest BCUT2D eigenvalue weighted by atomic mass is 10.2. The van der Waals surface area contributed by atoms with Crippen molar-refractivity contribution < 1.29 is 14.3 Å². The maximum absolute atomic E-state index is 12.0. The highest BCUT2D eigenvalue weighted by Gasteiger charge is 2.20. The lowest BCUT2D eigenvalue weighted by Crippen LogP contribution is -2.30. The summed E-state index contributed by atoms with van der Waals surface area (Å²) in [4.78, 5) is 24.0. The van der Waals surface area contributed by atoms with Crippen molar-refractivity contribution >= 4 is 17.6 Å². The summed E-state index contributed by atoms with van der Waals surface area (Å²) < 4.78 is 6.74. The zero-order valence-electron chi connectivity index (χ0n) is 12.2. The van der Waals surface area contributed by atoms with Crippen molar-refractivity contribution in [2.45, 2.75) is 13.0 Å². The summed E-state index contributed by atoms with van der Waals surface area (Å²) in [6.07, 6.45) is 0.766. The highest BCUT2D eigenvalue weighted by Crippen LogP contribution is 2.11. The van der Waals surface area contributed by atoms with Gasteiger partial charge >= 0.3 is 5.97 Å². The molecule has 2 rings (SSSR count). The van der Waals surface area contributed by atoms with Gasteiger partial charge in [0.25, 0.3) is 5.91 Å². The van der Waals surface area contributed by atoms with Gasteiger partial charge in [-0.25, -0.2) is 4.79 Å². The molecule has 22 heavy (non-hydrogen) atoms. The third kappa shape index (κ3) is 3.52. The van der Waals surface area contributed by atoms with Crippen LogP contribution in [0.2, 0.25) is 0 Å². The van der Waals surface area contributed by atoms with Crippen LogP contribution >= 0.6 is 0 Å². The number of aryl methyl sites for hydroxylation is 1. The minimum atomic E-state index is -0.951. The van der Waals surface area contributed by atoms with Gasteiger partial charge in [-0.2, -0.15) is 5.26 Å². The van der Waals surface area contributed by atoms with Gasteiger partial charge < -0.3 is 14.6 Å². The Bertz CT molecular complexity index is 743. The predicted molar refractivity (Wildman–Crippen MR) is 80.1 cm³/mol. The molecule has 0 saturated carbocycles. The van der Waals surface area contributed by atoms with E-state index in [0.717, 1.165) is 0 Å². The van der Waals surface area contributed by atoms with Gasteiger partial charge in [-0.05, 0) is 37.3 Å². The monoisotopic (exact) mass is 297 g/mol. The van der Waals surface area contributed by atoms with Crippen molar-refractivity contribution in [3.05, 3.63) is 53.9 Å². The van der Waals surface area contributed by atoms with Crippen LogP contribution in [-0.4, -0.2) is 22.5 Å². The Balaban J connectivity index is 1.99. The van der Waals surface area contributed by atoms with Crippen LogP contribution in [-0.2, 0) is 16.6 Å². The van der Waals surface area contributed by atoms with Gasteiger partial charge in [-0.1, -0.05) is 6.07 Å². The zero-order valence-corrected chi connectivity index (χ0v) is 12.2. The summed E-state index contributed by atoms with van der Waals surface area (Å²) in [5, 5.41) is 11.4. The number of anilines is 1. The summed E-state index contributed by atoms with van der Waals surface area (Å²) in [5.41, 5.74) is 1.28. The van der Waals surface area contributed by atoms with E-state index in [4.69, 9.17) is 10.00 Å². The van der Waals surface area contributed by atoms with Crippen LogP contribution in [0.3, 0.4) is 0 Å². The van der Waals surface area contributed by atoms with Crippen LogP contribution in [0, 0.1) is 11.3 Å². The fourth-order valence-corrected chi connectivity index (χ4v) is 1.86. The highest BCUT2D eigenvalue weighted by molar-refractivity contribution is 5.97. The first-order valence-corrected chi connectivity index (χ1v) is 6.64. The first-order chi connectivity index (χ1) is 10.5. The number of ether oxygens (including phenoxy) is 1. The summed E-state index contributed by atoms with van der Waals surface area (Å²) in [6.45, 7) is 1.49. The average Bonchev–Trinajstić information content (AvgIpc) is 2.93. The second-order valence-corrected chi connectivity index (χ2v) is 4.73. The molecule has 1 aromatic carbocycles. The second kappa shape index (κ2) is 6.59. The van der Waals surface area contributed by atoms with Gasteiger partial charge in [-0.3, -0.25) is 4.79 Å². The molecule has 6 heteroatoms. The first-order valence-electron chi connectivity index (χ1n) is 6.64. The smallest absolute Gasteiger partial charge is 0.355 e. The standard InChI is InChI=1S/C16H15N3O3/c1-11(22-16(21)14-7-4-8-19(14)2)15(20)18-13-6-3-5-12(9-13)10-17/h3-9,11H,1-2H3,(H,18,20)/t11-/m1/s1. The molecule has 112 valence electrons. The molecule has 2 aromatic rings. The van der Waals surface area contributed by atoms with E-state index in [1.165, 1.54) is 6.92 Å². The lowest BCUT2D eigenvalue weighted by Gasteiger charge is -2.14. The normalized spacial score (nSPS) is 11.3. The fourth-order valence-electron chi connectivity index (χ4n) is 1.86. The van der Waals surface area contributed by atoms with Gasteiger partial charge in [0, 0.05) is 18.9 Å². The Morgan fingerprint density at radius 1 is 1.32 bits per heavy atom. The molecule has 0 aliphatic carbocycles. The molecule has 1 aromatic heterocycles. The van der Waals surface area contributed by atoms with Crippen LogP contribution in [0.5, 0.6) is 0 Å². The molecule has 0 unspecified atom stereocenters. The van der Waals surface area contributed by atoms with E-state index >= 15 is 0 Å². The Morgan fingerprint density at radius 2 is 2.09 bits per heavy atom. The summed E-state index contributed by atoms with van der Waals surface area (Å²) >= 11 is 0. The number of benzene rings is 1. The van der Waals surface area contributed by atoms with Crippen LogP contribution in [0.4, 0.5) is 5.69 Å². The highest BCUT2D eigenvalue weighted by atomic mass is 16.5. The van der Waals surface area contributed by atoms with E-state index in [2.05, 4.69) is 5.32 Å². The zero-order chi connectivity index (χ0) is 16.1. The quantitative estimate of drug-likeness (QED) is 0.876. The van der Waals surface area contributed by atoms with Crippen molar-refractivity contribution in [2.24, 2.45) is 7.05 Å². The third-order valence-corrected chi connectivity index (χ3v) is 3.07. The van der Waals surface area contributed by atoms with E-state index < -0.39 is 18.0 Å². The van der Waals surface area contributed by atoms with Gasteiger partial charge in [0.15, 0.2) is 6.10 Å². The third-order valence-electron chi connectivity index (χ3n) is 3.07. The molecule has 0 radical (unpaired) electrons. The van der Waals surface area contributed by atoms with E-state index in [9.17, 15) is 9.59 Å². The molecule has 0 aliphatic heterocycles. The Hall–Kier alpha value is -3.07. The lowest BCUT2D eigenvalue weighted by molar-refractivity contribution is -0.123. The van der Waals surface area contributed by atoms with E-state index in [1.807, 2.05) is 6.07 Å². The number of amides is 1. The van der Waals surface area contributed by atoms with Crippen molar-refractivity contribution in [1.82, 2.24) is 4.57 Å². The Morgan fingerprint density at radius 3 is 2.73 bits per heavy atom. The molecular formula is C16H15N3O3. The molecule has 6 nitrogen and oxygen atoms in total. The SMILES string of the molecule is C[C@@H](OC(=O)c1cccn1C)C(=O)Nc1cccc(C#N)c1. The van der Waals surface area contributed by atoms with Crippen LogP contribution in [0.25, 0.3) is 0 Å². The fraction of sp³-hybridized carbons (Fsp3) is 0.188. The average molecular weight is 297 g/mol. The minimum absolute atomic E-state index is 0.367. The molecule has 1 atom stereocenters. The Labute approximate surface area is 127 Å². The largest absolute Gasteiger partial charge is 0.448 e. The van der Waals surface area contributed by atoms with Crippen LogP contribution in [0.1, 0.15) is 23.0 Å². The number of nitrogens with one attached hydrogen (secondary N) is 1. The number of hydrogen-bond donors (Lipinski definition) is 1. The maximum atomic E-state index is 12.0. The van der Waals surface area contributed by atoms with Crippen molar-refractivity contribution in [1.29, 1.82) is 5.26 Å². The van der Waals surface area contributed by atoms with Gasteiger partial charge in [-0.15, -0.1) is 0 Å². The molecule has 1 heterocycles. The van der Waals surface area contributed by atoms with Crippen LogP contribution < -0.4 is 5.32 Å². The number of aromatic nitrogens is 1. The van der Waals surface area contributed by atoms with Gasteiger partial charge in [0.1, 0.15) is 5.69 Å². The van der Waals surface area contributed by atoms with Gasteiger partial charge in [0.2, 0.25) is 0 Å². The predicted octanol–water partition coefficient (Wildman–Crippen LogP) is 2.08. The summed E-state index contributed by atoms with van der Waals surface area (Å²) in [6, 6.07) is 11.8. The number of hydrogen-bond acceptors (Lipinski definition) is 4. The maximum Gasteiger partial charge on any atom is 0.355 e. The van der Waals surface area contributed by atoms with E-state index in [1.54, 1.807) is 54.2 Å². The first kappa shape index (κ1) is 15.3. The van der Waals surface area contributed by atoms with Crippen molar-refractivity contribution in [3.63, 3.8) is 0 Å². The number of esters is 1. The number of rotatable bonds is 4. The number of nitrogens with zero attached hydrogens (tertiary/aromatic N) is 2. The number of carbonyl (C=O) groups is 2. The van der Waals surface area contributed by atoms with Crippen molar-refractivity contribution in [2.75, 3.05) is 5.32 Å². The minimum Gasteiger partial charge on any atom is -0.448 e. The molecular weight excluding hydrogens is 282 g/mol. The second-order valence-electron chi connectivity index (χ2n) is 4.73. The summed E-state index contributed by atoms with van der Waals surface area (Å²) in [7, 11) is 1.72. The molecule has 1 amide bonds. The molecule has 0 aliphatic rings. The van der Waals surface area contributed by atoms with Crippen molar-refractivity contribution in [3.8, 4) is 6.07 Å². The molecule has 0 saturated heterocycles. The van der Waals surface area contributed by atoms with E-state index in [0.29, 0.717) is 16.9 Å². The number of carbonyl (C=O) groups excluding carboxylic acids is 2. The van der Waals surface area contributed by atoms with Gasteiger partial charge in [0.05, 0.1) is 11.6 Å². The van der Waals surface area contributed by atoms with E-state index in [-0.39, 0.29) is 0 Å². The summed E-state index contributed by atoms with van der Waals surface area (Å²) in [5.74, 6) is -1.03. The number of nitriles is 1. The van der Waals surface area contributed by atoms with Crippen LogP contribution in [0.15, 0.2) is 42.6 Å². The topological polar surface area (TPSA) is 84.1 Å². The molecule has 0 spiro atoms. The molecule has 0 bridgehead atoms.